The van der Waals surface area contributed by atoms with Crippen LogP contribution in [0.4, 0.5) is 11.4 Å². The maximum Gasteiger partial charge on any atom is 0.115 e. The van der Waals surface area contributed by atoms with Gasteiger partial charge in [-0.3, -0.25) is 0 Å². The lowest BCUT2D eigenvalue weighted by molar-refractivity contribution is 0.541. The van der Waals surface area contributed by atoms with Crippen LogP contribution in [0.15, 0.2) is 61.7 Å². The Morgan fingerprint density at radius 2 is 1.42 bits per heavy atom. The number of nitrogens with one attached hydrogen (secondary N) is 2. The smallest absolute Gasteiger partial charge is 0.115 e. The summed E-state index contributed by atoms with van der Waals surface area (Å²) >= 11 is 0. The zero-order valence-corrected chi connectivity index (χ0v) is 10.9. The van der Waals surface area contributed by atoms with E-state index in [1.165, 1.54) is 22.1 Å². The van der Waals surface area contributed by atoms with Gasteiger partial charge in [0.05, 0.1) is 0 Å². The summed E-state index contributed by atoms with van der Waals surface area (Å²) in [5, 5.41) is 9.75. The van der Waals surface area contributed by atoms with E-state index in [2.05, 4.69) is 60.2 Å². The van der Waals surface area contributed by atoms with Gasteiger partial charge < -0.3 is 10.6 Å². The van der Waals surface area contributed by atoms with Gasteiger partial charge in [0.15, 0.2) is 0 Å². The van der Waals surface area contributed by atoms with Crippen LogP contribution in [0, 0.1) is 0 Å². The van der Waals surface area contributed by atoms with Crippen LogP contribution in [0.3, 0.4) is 0 Å². The molecule has 0 saturated heterocycles. The Morgan fingerprint density at radius 1 is 0.895 bits per heavy atom. The van der Waals surface area contributed by atoms with E-state index in [4.69, 9.17) is 0 Å². The monoisotopic (exact) mass is 250 g/mol. The SMILES string of the molecule is C=CCC1(CC=C)Nc2cccc3cccc(c23)N1. The molecule has 1 aliphatic heterocycles. The highest BCUT2D eigenvalue weighted by Gasteiger charge is 2.31. The topological polar surface area (TPSA) is 24.1 Å². The molecule has 1 heterocycles. The summed E-state index contributed by atoms with van der Waals surface area (Å²) in [4.78, 5) is 0. The van der Waals surface area contributed by atoms with Crippen molar-refractivity contribution in [3.63, 3.8) is 0 Å². The van der Waals surface area contributed by atoms with E-state index >= 15 is 0 Å². The molecule has 1 aliphatic rings. The fraction of sp³-hybridized carbons (Fsp3) is 0.176. The molecule has 19 heavy (non-hydrogen) atoms. The number of hydrogen-bond donors (Lipinski definition) is 2. The van der Waals surface area contributed by atoms with Crippen molar-refractivity contribution in [3.8, 4) is 0 Å². The first-order valence-corrected chi connectivity index (χ1v) is 6.58. The number of rotatable bonds is 4. The average molecular weight is 250 g/mol. The molecule has 0 atom stereocenters. The Bertz CT molecular complexity index is 590. The molecule has 2 aromatic rings. The van der Waals surface area contributed by atoms with Crippen molar-refractivity contribution in [2.24, 2.45) is 0 Å². The van der Waals surface area contributed by atoms with Crippen LogP contribution < -0.4 is 10.6 Å². The highest BCUT2D eigenvalue weighted by Crippen LogP contribution is 2.39. The van der Waals surface area contributed by atoms with Crippen molar-refractivity contribution in [2.75, 3.05) is 10.6 Å². The largest absolute Gasteiger partial charge is 0.362 e. The molecule has 3 rings (SSSR count). The summed E-state index contributed by atoms with van der Waals surface area (Å²) < 4.78 is 0. The Hall–Kier alpha value is -2.22. The van der Waals surface area contributed by atoms with Crippen molar-refractivity contribution in [3.05, 3.63) is 61.7 Å². The maximum atomic E-state index is 3.87. The van der Waals surface area contributed by atoms with Gasteiger partial charge >= 0.3 is 0 Å². The summed E-state index contributed by atoms with van der Waals surface area (Å²) in [5.41, 5.74) is 2.14. The quantitative estimate of drug-likeness (QED) is 0.779. The van der Waals surface area contributed by atoms with Crippen LogP contribution in [0.2, 0.25) is 0 Å². The van der Waals surface area contributed by atoms with E-state index in [9.17, 15) is 0 Å². The summed E-state index contributed by atoms with van der Waals surface area (Å²) in [6, 6.07) is 12.7. The van der Waals surface area contributed by atoms with Gasteiger partial charge in [0.2, 0.25) is 0 Å². The molecule has 0 aliphatic carbocycles. The molecule has 2 N–H and O–H groups in total. The molecule has 0 radical (unpaired) electrons. The summed E-state index contributed by atoms with van der Waals surface area (Å²) in [5.74, 6) is 0. The van der Waals surface area contributed by atoms with Gasteiger partial charge in [-0.2, -0.15) is 0 Å². The summed E-state index contributed by atoms with van der Waals surface area (Å²) in [6.45, 7) is 7.75. The van der Waals surface area contributed by atoms with Crippen LogP contribution in [-0.2, 0) is 0 Å². The van der Waals surface area contributed by atoms with Gasteiger partial charge in [0.1, 0.15) is 5.66 Å². The molecule has 0 amide bonds. The van der Waals surface area contributed by atoms with E-state index in [0.717, 1.165) is 12.8 Å². The van der Waals surface area contributed by atoms with Gasteiger partial charge in [0, 0.05) is 29.6 Å². The molecule has 0 unspecified atom stereocenters. The first-order valence-electron chi connectivity index (χ1n) is 6.58. The van der Waals surface area contributed by atoms with Gasteiger partial charge in [-0.1, -0.05) is 36.4 Å². The van der Waals surface area contributed by atoms with Crippen molar-refractivity contribution < 1.29 is 0 Å². The number of anilines is 2. The van der Waals surface area contributed by atoms with Crippen molar-refractivity contribution >= 4 is 22.1 Å². The molecule has 0 fully saturated rings. The predicted octanol–water partition coefficient (Wildman–Crippen LogP) is 4.53. The zero-order chi connectivity index (χ0) is 13.3. The van der Waals surface area contributed by atoms with Gasteiger partial charge in [-0.05, 0) is 17.5 Å². The molecule has 0 spiro atoms. The minimum Gasteiger partial charge on any atom is -0.362 e. The van der Waals surface area contributed by atoms with Gasteiger partial charge in [0.25, 0.3) is 0 Å². The molecular formula is C17H18N2. The van der Waals surface area contributed by atoms with Gasteiger partial charge in [-0.25, -0.2) is 0 Å². The second kappa shape index (κ2) is 4.47. The van der Waals surface area contributed by atoms with Crippen molar-refractivity contribution in [1.82, 2.24) is 0 Å². The Labute approximate surface area is 113 Å². The van der Waals surface area contributed by atoms with E-state index in [1.54, 1.807) is 0 Å². The van der Waals surface area contributed by atoms with E-state index in [-0.39, 0.29) is 5.66 Å². The predicted molar refractivity (Wildman–Crippen MR) is 83.6 cm³/mol. The second-order valence-electron chi connectivity index (χ2n) is 5.03. The van der Waals surface area contributed by atoms with Crippen LogP contribution in [0.5, 0.6) is 0 Å². The highest BCUT2D eigenvalue weighted by molar-refractivity contribution is 6.05. The van der Waals surface area contributed by atoms with Crippen LogP contribution in [0.25, 0.3) is 10.8 Å². The Kier molecular flexibility index (Phi) is 2.79. The van der Waals surface area contributed by atoms with Crippen LogP contribution >= 0.6 is 0 Å². The highest BCUT2D eigenvalue weighted by atomic mass is 15.2. The Balaban J connectivity index is 2.15. The standard InChI is InChI=1S/C17H18N2/c1-3-11-17(12-4-2)18-14-9-5-7-13-8-6-10-15(19-17)16(13)14/h3-10,18-19H,1-2,11-12H2. The fourth-order valence-electron chi connectivity index (χ4n) is 2.88. The molecule has 0 aromatic heterocycles. The van der Waals surface area contributed by atoms with Gasteiger partial charge in [-0.15, -0.1) is 13.2 Å². The molecule has 2 heteroatoms. The van der Waals surface area contributed by atoms with Crippen molar-refractivity contribution in [2.45, 2.75) is 18.5 Å². The van der Waals surface area contributed by atoms with E-state index < -0.39 is 0 Å². The first kappa shape index (κ1) is 11.8. The molecule has 0 saturated carbocycles. The summed E-state index contributed by atoms with van der Waals surface area (Å²) in [6.07, 6.45) is 5.56. The maximum absolute atomic E-state index is 3.87. The molecule has 96 valence electrons. The Morgan fingerprint density at radius 3 is 1.89 bits per heavy atom. The molecule has 2 aromatic carbocycles. The average Bonchev–Trinajstić information content (AvgIpc) is 2.39. The minimum atomic E-state index is -0.216. The third-order valence-corrected chi connectivity index (χ3v) is 3.64. The van der Waals surface area contributed by atoms with E-state index in [1.807, 2.05) is 12.2 Å². The van der Waals surface area contributed by atoms with Crippen molar-refractivity contribution in [1.29, 1.82) is 0 Å². The van der Waals surface area contributed by atoms with Crippen LogP contribution in [0.1, 0.15) is 12.8 Å². The summed E-state index contributed by atoms with van der Waals surface area (Å²) in [7, 11) is 0. The second-order valence-corrected chi connectivity index (χ2v) is 5.03. The van der Waals surface area contributed by atoms with E-state index in [0.29, 0.717) is 0 Å². The fourth-order valence-corrected chi connectivity index (χ4v) is 2.88. The lowest BCUT2D eigenvalue weighted by Crippen LogP contribution is -2.47. The number of benzene rings is 2. The zero-order valence-electron chi connectivity index (χ0n) is 10.9. The number of hydrogen-bond acceptors (Lipinski definition) is 2. The first-order chi connectivity index (χ1) is 9.28. The minimum absolute atomic E-state index is 0.216. The molecule has 2 nitrogen and oxygen atoms in total. The van der Waals surface area contributed by atoms with Crippen LogP contribution in [-0.4, -0.2) is 5.66 Å². The lowest BCUT2D eigenvalue weighted by Gasteiger charge is -2.40. The molecule has 0 bridgehead atoms. The third-order valence-electron chi connectivity index (χ3n) is 3.64. The normalized spacial score (nSPS) is 15.4. The lowest BCUT2D eigenvalue weighted by atomic mass is 9.94. The third kappa shape index (κ3) is 1.89. The molecular weight excluding hydrogens is 232 g/mol.